The zero-order valence-corrected chi connectivity index (χ0v) is 11.7. The van der Waals surface area contributed by atoms with Crippen molar-refractivity contribution >= 4 is 15.9 Å². The van der Waals surface area contributed by atoms with Gasteiger partial charge in [0, 0.05) is 17.3 Å². The van der Waals surface area contributed by atoms with Gasteiger partial charge in [-0.3, -0.25) is 0 Å². The monoisotopic (exact) mass is 314 g/mol. The van der Waals surface area contributed by atoms with Crippen LogP contribution in [0.3, 0.4) is 0 Å². The van der Waals surface area contributed by atoms with Crippen molar-refractivity contribution in [2.24, 2.45) is 0 Å². The minimum absolute atomic E-state index is 0.0331. The minimum Gasteiger partial charge on any atom is -0.487 e. The lowest BCUT2D eigenvalue weighted by Gasteiger charge is -2.46. The normalized spacial score (nSPS) is 25.8. The van der Waals surface area contributed by atoms with E-state index in [0.29, 0.717) is 5.75 Å². The summed E-state index contributed by atoms with van der Waals surface area (Å²) in [6.07, 6.45) is 5.27. The average Bonchev–Trinajstić information content (AvgIpc) is 2.32. The van der Waals surface area contributed by atoms with Crippen LogP contribution in [-0.2, 0) is 4.74 Å². The first-order chi connectivity index (χ1) is 8.67. The highest BCUT2D eigenvalue weighted by molar-refractivity contribution is 9.10. The first-order valence-corrected chi connectivity index (χ1v) is 7.22. The molecule has 2 fully saturated rings. The van der Waals surface area contributed by atoms with E-state index in [9.17, 15) is 4.39 Å². The van der Waals surface area contributed by atoms with Crippen LogP contribution in [0.2, 0.25) is 0 Å². The topological polar surface area (TPSA) is 18.5 Å². The molecule has 1 unspecified atom stereocenters. The Labute approximate surface area is 115 Å². The molecule has 0 radical (unpaired) electrons. The molecule has 0 bridgehead atoms. The fourth-order valence-electron chi connectivity index (χ4n) is 2.75. The van der Waals surface area contributed by atoms with Gasteiger partial charge in [-0.2, -0.15) is 0 Å². The van der Waals surface area contributed by atoms with E-state index in [4.69, 9.17) is 9.47 Å². The molecule has 1 aromatic rings. The summed E-state index contributed by atoms with van der Waals surface area (Å²) >= 11 is 3.34. The first-order valence-electron chi connectivity index (χ1n) is 6.43. The highest BCUT2D eigenvalue weighted by Gasteiger charge is 2.43. The maximum atomic E-state index is 13.6. The average molecular weight is 315 g/mol. The van der Waals surface area contributed by atoms with Gasteiger partial charge in [0.1, 0.15) is 6.10 Å². The lowest BCUT2D eigenvalue weighted by molar-refractivity contribution is -0.153. The Morgan fingerprint density at radius 2 is 2.22 bits per heavy atom. The van der Waals surface area contributed by atoms with Gasteiger partial charge < -0.3 is 9.47 Å². The van der Waals surface area contributed by atoms with Crippen molar-refractivity contribution in [1.29, 1.82) is 0 Å². The summed E-state index contributed by atoms with van der Waals surface area (Å²) < 4.78 is 26.1. The molecule has 1 aromatic carbocycles. The molecule has 3 rings (SSSR count). The highest BCUT2D eigenvalue weighted by Crippen LogP contribution is 2.43. The van der Waals surface area contributed by atoms with E-state index in [1.54, 1.807) is 12.1 Å². The number of benzene rings is 1. The second-order valence-corrected chi connectivity index (χ2v) is 6.11. The molecule has 98 valence electrons. The summed E-state index contributed by atoms with van der Waals surface area (Å²) in [5.74, 6) is 0.0399. The molecule has 1 saturated heterocycles. The molecule has 2 nitrogen and oxygen atoms in total. The van der Waals surface area contributed by atoms with Gasteiger partial charge in [-0.15, -0.1) is 0 Å². The van der Waals surface area contributed by atoms with Gasteiger partial charge in [0.15, 0.2) is 11.6 Å². The van der Waals surface area contributed by atoms with Gasteiger partial charge in [0.25, 0.3) is 0 Å². The van der Waals surface area contributed by atoms with Crippen molar-refractivity contribution < 1.29 is 13.9 Å². The molecule has 1 atom stereocenters. The maximum Gasteiger partial charge on any atom is 0.165 e. The number of halogens is 2. The summed E-state index contributed by atoms with van der Waals surface area (Å²) in [4.78, 5) is 0. The summed E-state index contributed by atoms with van der Waals surface area (Å²) in [6, 6.07) is 4.80. The third-order valence-corrected chi connectivity index (χ3v) is 4.39. The minimum atomic E-state index is -0.299. The van der Waals surface area contributed by atoms with E-state index in [1.165, 1.54) is 12.5 Å². The van der Waals surface area contributed by atoms with Gasteiger partial charge >= 0.3 is 0 Å². The molecule has 0 amide bonds. The Morgan fingerprint density at radius 1 is 1.39 bits per heavy atom. The van der Waals surface area contributed by atoms with Crippen LogP contribution >= 0.6 is 15.9 Å². The standard InChI is InChI=1S/C14H16BrFO2/c15-10-2-3-12(16)13(8-10)18-11-4-7-17-14(9-11)5-1-6-14/h2-3,8,11H,1,4-7,9H2. The Hall–Kier alpha value is -0.610. The lowest BCUT2D eigenvalue weighted by atomic mass is 9.74. The predicted molar refractivity (Wildman–Crippen MR) is 70.3 cm³/mol. The number of hydrogen-bond acceptors (Lipinski definition) is 2. The Balaban J connectivity index is 1.70. The van der Waals surface area contributed by atoms with Gasteiger partial charge in [0.2, 0.25) is 0 Å². The van der Waals surface area contributed by atoms with Crippen molar-refractivity contribution in [1.82, 2.24) is 0 Å². The van der Waals surface area contributed by atoms with Crippen LogP contribution in [0.4, 0.5) is 4.39 Å². The number of rotatable bonds is 2. The maximum absolute atomic E-state index is 13.6. The van der Waals surface area contributed by atoms with Crippen molar-refractivity contribution in [3.05, 3.63) is 28.5 Å². The van der Waals surface area contributed by atoms with Crippen molar-refractivity contribution in [3.8, 4) is 5.75 Å². The van der Waals surface area contributed by atoms with Crippen LogP contribution in [0.1, 0.15) is 32.1 Å². The largest absolute Gasteiger partial charge is 0.487 e. The Bertz CT molecular complexity index is 445. The number of hydrogen-bond donors (Lipinski definition) is 0. The van der Waals surface area contributed by atoms with Crippen LogP contribution in [0, 0.1) is 5.82 Å². The van der Waals surface area contributed by atoms with E-state index in [0.717, 1.165) is 36.8 Å². The second kappa shape index (κ2) is 4.82. The summed E-state index contributed by atoms with van der Waals surface area (Å²) in [5.41, 5.74) is 0.0331. The van der Waals surface area contributed by atoms with Crippen LogP contribution in [0.5, 0.6) is 5.75 Å². The van der Waals surface area contributed by atoms with Crippen molar-refractivity contribution in [3.63, 3.8) is 0 Å². The zero-order valence-electron chi connectivity index (χ0n) is 10.1. The van der Waals surface area contributed by atoms with Crippen LogP contribution in [-0.4, -0.2) is 18.3 Å². The Morgan fingerprint density at radius 3 is 2.94 bits per heavy atom. The van der Waals surface area contributed by atoms with E-state index in [2.05, 4.69) is 15.9 Å². The van der Waals surface area contributed by atoms with Crippen molar-refractivity contribution in [2.75, 3.05) is 6.61 Å². The quantitative estimate of drug-likeness (QED) is 0.819. The summed E-state index contributed by atoms with van der Waals surface area (Å²) in [6.45, 7) is 0.723. The first kappa shape index (κ1) is 12.4. The van der Waals surface area contributed by atoms with E-state index < -0.39 is 0 Å². The molecule has 1 aliphatic heterocycles. The van der Waals surface area contributed by atoms with E-state index >= 15 is 0 Å². The van der Waals surface area contributed by atoms with Crippen molar-refractivity contribution in [2.45, 2.75) is 43.8 Å². The molecule has 18 heavy (non-hydrogen) atoms. The highest BCUT2D eigenvalue weighted by atomic mass is 79.9. The van der Waals surface area contributed by atoms with Gasteiger partial charge in [-0.05, 0) is 37.5 Å². The lowest BCUT2D eigenvalue weighted by Crippen LogP contribution is -2.48. The summed E-state index contributed by atoms with van der Waals surface area (Å²) in [5, 5.41) is 0. The molecule has 1 saturated carbocycles. The van der Waals surface area contributed by atoms with E-state index in [-0.39, 0.29) is 17.5 Å². The molecule has 0 N–H and O–H groups in total. The van der Waals surface area contributed by atoms with Gasteiger partial charge in [-0.25, -0.2) is 4.39 Å². The molecule has 0 aromatic heterocycles. The molecular weight excluding hydrogens is 299 g/mol. The molecule has 1 aliphatic carbocycles. The third kappa shape index (κ3) is 2.41. The van der Waals surface area contributed by atoms with Crippen LogP contribution in [0.25, 0.3) is 0 Å². The van der Waals surface area contributed by atoms with Gasteiger partial charge in [0.05, 0.1) is 12.2 Å². The van der Waals surface area contributed by atoms with E-state index in [1.807, 2.05) is 0 Å². The summed E-state index contributed by atoms with van der Waals surface area (Å²) in [7, 11) is 0. The van der Waals surface area contributed by atoms with Crippen LogP contribution < -0.4 is 4.74 Å². The molecule has 2 aliphatic rings. The fourth-order valence-corrected chi connectivity index (χ4v) is 3.09. The molecular formula is C14H16BrFO2. The second-order valence-electron chi connectivity index (χ2n) is 5.19. The molecule has 4 heteroatoms. The smallest absolute Gasteiger partial charge is 0.165 e. The zero-order chi connectivity index (χ0) is 12.6. The Kier molecular flexibility index (Phi) is 3.32. The fraction of sp³-hybridized carbons (Fsp3) is 0.571. The SMILES string of the molecule is Fc1ccc(Br)cc1OC1CCOC2(CCC2)C1. The molecule has 1 spiro atoms. The predicted octanol–water partition coefficient (Wildman–Crippen LogP) is 4.07. The third-order valence-electron chi connectivity index (χ3n) is 3.90. The van der Waals surface area contributed by atoms with Crippen LogP contribution in [0.15, 0.2) is 22.7 Å². The van der Waals surface area contributed by atoms with Gasteiger partial charge in [-0.1, -0.05) is 15.9 Å². The molecule has 1 heterocycles. The number of ether oxygens (including phenoxy) is 2.